The normalized spacial score (nSPS) is 43.3. The predicted octanol–water partition coefficient (Wildman–Crippen LogP) is 3.06. The lowest BCUT2D eigenvalue weighted by molar-refractivity contribution is -0.153. The molecule has 0 spiro atoms. The van der Waals surface area contributed by atoms with E-state index in [4.69, 9.17) is 4.74 Å². The van der Waals surface area contributed by atoms with Crippen LogP contribution in [0.25, 0.3) is 0 Å². The minimum atomic E-state index is -0.676. The summed E-state index contributed by atoms with van der Waals surface area (Å²) in [6, 6.07) is 0. The Morgan fingerprint density at radius 1 is 1.22 bits per heavy atom. The van der Waals surface area contributed by atoms with Gasteiger partial charge in [0.05, 0.1) is 19.3 Å². The van der Waals surface area contributed by atoms with E-state index in [9.17, 15) is 9.90 Å². The van der Waals surface area contributed by atoms with Gasteiger partial charge in [-0.15, -0.1) is 0 Å². The van der Waals surface area contributed by atoms with Gasteiger partial charge < -0.3 is 9.84 Å². The average Bonchev–Trinajstić information content (AvgIpc) is 2.26. The Morgan fingerprint density at radius 3 is 2.11 bits per heavy atom. The molecular weight excluding hydrogens is 228 g/mol. The van der Waals surface area contributed by atoms with Crippen LogP contribution in [0, 0.1) is 29.1 Å². The maximum Gasteiger partial charge on any atom is 0.311 e. The van der Waals surface area contributed by atoms with Crippen LogP contribution < -0.4 is 0 Å². The minimum Gasteiger partial charge on any atom is -0.505 e. The molecule has 4 bridgehead atoms. The summed E-state index contributed by atoms with van der Waals surface area (Å²) < 4.78 is 4.94. The van der Waals surface area contributed by atoms with Crippen LogP contribution in [-0.2, 0) is 9.53 Å². The number of carbonyl (C=O) groups is 1. The van der Waals surface area contributed by atoms with Crippen molar-refractivity contribution in [2.75, 3.05) is 7.11 Å². The molecule has 0 radical (unpaired) electrons. The lowest BCUT2D eigenvalue weighted by Gasteiger charge is -2.58. The molecule has 4 rings (SSSR count). The third kappa shape index (κ3) is 1.84. The summed E-state index contributed by atoms with van der Waals surface area (Å²) in [5.41, 5.74) is 0.0234. The van der Waals surface area contributed by atoms with Gasteiger partial charge >= 0.3 is 5.97 Å². The van der Waals surface area contributed by atoms with Crippen molar-refractivity contribution >= 4 is 5.97 Å². The van der Waals surface area contributed by atoms with Crippen LogP contribution in [0.5, 0.6) is 0 Å². The molecule has 0 heterocycles. The van der Waals surface area contributed by atoms with Crippen molar-refractivity contribution in [1.29, 1.82) is 0 Å². The van der Waals surface area contributed by atoms with Crippen LogP contribution in [0.4, 0.5) is 0 Å². The molecule has 0 aromatic rings. The van der Waals surface area contributed by atoms with Gasteiger partial charge in [0.25, 0.3) is 0 Å². The molecule has 1 unspecified atom stereocenters. The SMILES string of the molecule is CO/C=C/C(C(=O)O)C12CC3CC(CC(C3)C1)C2. The summed E-state index contributed by atoms with van der Waals surface area (Å²) in [6.45, 7) is 0. The number of rotatable bonds is 4. The summed E-state index contributed by atoms with van der Waals surface area (Å²) in [5, 5.41) is 9.55. The van der Waals surface area contributed by atoms with E-state index >= 15 is 0 Å². The number of aliphatic carboxylic acids is 1. The van der Waals surface area contributed by atoms with Gasteiger partial charge in [-0.05, 0) is 67.8 Å². The Bertz CT molecular complexity index is 337. The zero-order valence-corrected chi connectivity index (χ0v) is 11.0. The van der Waals surface area contributed by atoms with Gasteiger partial charge in [-0.3, -0.25) is 4.79 Å². The van der Waals surface area contributed by atoms with Crippen LogP contribution in [-0.4, -0.2) is 18.2 Å². The Hall–Kier alpha value is -0.990. The third-order valence-corrected chi connectivity index (χ3v) is 5.42. The van der Waals surface area contributed by atoms with E-state index in [-0.39, 0.29) is 11.3 Å². The molecular formula is C15H22O3. The van der Waals surface area contributed by atoms with Gasteiger partial charge in [-0.25, -0.2) is 0 Å². The Labute approximate surface area is 108 Å². The maximum absolute atomic E-state index is 11.6. The van der Waals surface area contributed by atoms with Gasteiger partial charge in [0.2, 0.25) is 0 Å². The number of hydrogen-bond donors (Lipinski definition) is 1. The van der Waals surface area contributed by atoms with E-state index in [0.717, 1.165) is 37.0 Å². The molecule has 0 saturated heterocycles. The molecule has 0 amide bonds. The molecule has 0 aromatic carbocycles. The van der Waals surface area contributed by atoms with Gasteiger partial charge in [0.1, 0.15) is 0 Å². The molecule has 4 aliphatic rings. The van der Waals surface area contributed by atoms with Gasteiger partial charge in [0.15, 0.2) is 0 Å². The standard InChI is InChI=1S/C15H22O3/c1-18-3-2-13(14(16)17)15-7-10-4-11(8-15)6-12(5-10)9-15/h2-3,10-13H,4-9H2,1H3,(H,16,17)/b3-2+. The van der Waals surface area contributed by atoms with Crippen LogP contribution >= 0.6 is 0 Å². The summed E-state index contributed by atoms with van der Waals surface area (Å²) in [7, 11) is 1.58. The molecule has 0 aliphatic heterocycles. The van der Waals surface area contributed by atoms with Gasteiger partial charge in [-0.2, -0.15) is 0 Å². The Balaban J connectivity index is 1.88. The number of carboxylic acids is 1. The highest BCUT2D eigenvalue weighted by Gasteiger charge is 2.55. The van der Waals surface area contributed by atoms with E-state index in [0.29, 0.717) is 0 Å². The van der Waals surface area contributed by atoms with Crippen molar-refractivity contribution < 1.29 is 14.6 Å². The molecule has 4 aliphatic carbocycles. The van der Waals surface area contributed by atoms with E-state index in [2.05, 4.69) is 0 Å². The van der Waals surface area contributed by atoms with Crippen molar-refractivity contribution in [3.05, 3.63) is 12.3 Å². The van der Waals surface area contributed by atoms with Crippen LogP contribution in [0.2, 0.25) is 0 Å². The highest BCUT2D eigenvalue weighted by molar-refractivity contribution is 5.73. The number of hydrogen-bond acceptors (Lipinski definition) is 2. The summed E-state index contributed by atoms with van der Waals surface area (Å²) in [4.78, 5) is 11.6. The Morgan fingerprint density at radius 2 is 1.72 bits per heavy atom. The van der Waals surface area contributed by atoms with E-state index in [1.165, 1.54) is 19.3 Å². The zero-order chi connectivity index (χ0) is 12.8. The van der Waals surface area contributed by atoms with E-state index in [1.807, 2.05) is 0 Å². The zero-order valence-electron chi connectivity index (χ0n) is 11.0. The van der Waals surface area contributed by atoms with Crippen molar-refractivity contribution in [2.24, 2.45) is 29.1 Å². The first kappa shape index (κ1) is 12.1. The van der Waals surface area contributed by atoms with Gasteiger partial charge in [0, 0.05) is 0 Å². The second-order valence-corrected chi connectivity index (χ2v) is 6.66. The molecule has 4 saturated carbocycles. The molecule has 18 heavy (non-hydrogen) atoms. The number of carboxylic acid groups (broad SMARTS) is 1. The molecule has 4 fully saturated rings. The first-order chi connectivity index (χ1) is 8.63. The number of ether oxygens (including phenoxy) is 1. The predicted molar refractivity (Wildman–Crippen MR) is 67.9 cm³/mol. The van der Waals surface area contributed by atoms with Crippen LogP contribution in [0.1, 0.15) is 38.5 Å². The van der Waals surface area contributed by atoms with E-state index in [1.54, 1.807) is 19.4 Å². The Kier molecular flexibility index (Phi) is 2.87. The van der Waals surface area contributed by atoms with Crippen molar-refractivity contribution in [1.82, 2.24) is 0 Å². The molecule has 1 N–H and O–H groups in total. The lowest BCUT2D eigenvalue weighted by atomic mass is 9.46. The smallest absolute Gasteiger partial charge is 0.311 e. The van der Waals surface area contributed by atoms with Crippen molar-refractivity contribution in [2.45, 2.75) is 38.5 Å². The monoisotopic (exact) mass is 250 g/mol. The van der Waals surface area contributed by atoms with Gasteiger partial charge in [-0.1, -0.05) is 0 Å². The minimum absolute atomic E-state index is 0.0234. The fraction of sp³-hybridized carbons (Fsp3) is 0.800. The first-order valence-electron chi connectivity index (χ1n) is 7.05. The van der Waals surface area contributed by atoms with Crippen molar-refractivity contribution in [3.63, 3.8) is 0 Å². The first-order valence-corrected chi connectivity index (χ1v) is 7.05. The molecule has 100 valence electrons. The largest absolute Gasteiger partial charge is 0.505 e. The van der Waals surface area contributed by atoms with Crippen molar-refractivity contribution in [3.8, 4) is 0 Å². The molecule has 3 nitrogen and oxygen atoms in total. The third-order valence-electron chi connectivity index (χ3n) is 5.42. The fourth-order valence-corrected chi connectivity index (χ4v) is 5.26. The highest BCUT2D eigenvalue weighted by atomic mass is 16.5. The van der Waals surface area contributed by atoms with E-state index < -0.39 is 5.97 Å². The summed E-state index contributed by atoms with van der Waals surface area (Å²) in [6.07, 6.45) is 10.7. The number of methoxy groups -OCH3 is 1. The molecule has 0 aromatic heterocycles. The topological polar surface area (TPSA) is 46.5 Å². The maximum atomic E-state index is 11.6. The fourth-order valence-electron chi connectivity index (χ4n) is 5.26. The van der Waals surface area contributed by atoms with Crippen LogP contribution in [0.3, 0.4) is 0 Å². The average molecular weight is 250 g/mol. The second kappa shape index (κ2) is 4.29. The molecule has 3 heteroatoms. The second-order valence-electron chi connectivity index (χ2n) is 6.66. The summed E-state index contributed by atoms with van der Waals surface area (Å²) >= 11 is 0. The summed E-state index contributed by atoms with van der Waals surface area (Å²) in [5.74, 6) is 1.33. The molecule has 1 atom stereocenters. The highest BCUT2D eigenvalue weighted by Crippen LogP contribution is 2.63. The van der Waals surface area contributed by atoms with Crippen LogP contribution in [0.15, 0.2) is 12.3 Å². The lowest BCUT2D eigenvalue weighted by Crippen LogP contribution is -2.50. The quantitative estimate of drug-likeness (QED) is 0.780.